The van der Waals surface area contributed by atoms with Crippen molar-refractivity contribution in [2.24, 2.45) is 0 Å². The van der Waals surface area contributed by atoms with Crippen molar-refractivity contribution in [3.63, 3.8) is 0 Å². The van der Waals surface area contributed by atoms with Gasteiger partial charge in [-0.25, -0.2) is 0 Å². The lowest BCUT2D eigenvalue weighted by atomic mass is 10.1. The highest BCUT2D eigenvalue weighted by Crippen LogP contribution is 2.15. The molecule has 0 aliphatic carbocycles. The molecule has 0 aliphatic rings. The number of nitrogens with zero attached hydrogens (tertiary/aromatic N) is 2. The summed E-state index contributed by atoms with van der Waals surface area (Å²) in [5, 5.41) is 3.92. The Morgan fingerprint density at radius 2 is 0.364 bits per heavy atom. The number of unbranched alkanes of at least 4 members (excludes halogenated alkanes) is 36. The molecule has 55 heavy (non-hydrogen) atoms. The van der Waals surface area contributed by atoms with Gasteiger partial charge in [-0.1, -0.05) is 259 Å². The van der Waals surface area contributed by atoms with Crippen molar-refractivity contribution in [3.05, 3.63) is 0 Å². The van der Waals surface area contributed by atoms with Crippen LogP contribution in [0.5, 0.6) is 0 Å². The van der Waals surface area contributed by atoms with Crippen molar-refractivity contribution >= 4 is 0 Å². The SMILES string of the molecule is CCCCCCCCCCCCN(CCCCCCCCCCCC)CCNCCN(CCCCCCCCCCCC)CCCCCCCCCCCC. The van der Waals surface area contributed by atoms with Gasteiger partial charge in [-0.3, -0.25) is 0 Å². The molecule has 0 bridgehead atoms. The predicted octanol–water partition coefficient (Wildman–Crippen LogP) is 16.9. The van der Waals surface area contributed by atoms with Crippen LogP contribution in [0.15, 0.2) is 0 Å². The molecule has 0 saturated heterocycles. The summed E-state index contributed by atoms with van der Waals surface area (Å²) in [6, 6.07) is 0. The van der Waals surface area contributed by atoms with Crippen LogP contribution in [-0.2, 0) is 0 Å². The first-order valence-electron chi connectivity index (χ1n) is 26.4. The summed E-state index contributed by atoms with van der Waals surface area (Å²) in [6.07, 6.45) is 57.5. The Bertz CT molecular complexity index is 551. The molecule has 1 N–H and O–H groups in total. The van der Waals surface area contributed by atoms with Crippen molar-refractivity contribution in [1.82, 2.24) is 15.1 Å². The number of rotatable bonds is 50. The van der Waals surface area contributed by atoms with E-state index in [1.165, 1.54) is 309 Å². The van der Waals surface area contributed by atoms with Crippen molar-refractivity contribution < 1.29 is 0 Å². The summed E-state index contributed by atoms with van der Waals surface area (Å²) >= 11 is 0. The van der Waals surface area contributed by atoms with Gasteiger partial charge < -0.3 is 15.1 Å². The Morgan fingerprint density at radius 1 is 0.200 bits per heavy atom. The molecule has 0 saturated carbocycles. The molecule has 0 spiro atoms. The second kappa shape index (κ2) is 50.0. The van der Waals surface area contributed by atoms with Crippen LogP contribution in [0.4, 0.5) is 0 Å². The van der Waals surface area contributed by atoms with E-state index in [4.69, 9.17) is 0 Å². The van der Waals surface area contributed by atoms with Crippen LogP contribution in [-0.4, -0.2) is 62.2 Å². The molecule has 0 amide bonds. The van der Waals surface area contributed by atoms with Gasteiger partial charge in [0.1, 0.15) is 0 Å². The lowest BCUT2D eigenvalue weighted by Gasteiger charge is -2.24. The zero-order chi connectivity index (χ0) is 39.8. The maximum Gasteiger partial charge on any atom is 0.0107 e. The number of hydrogen-bond donors (Lipinski definition) is 1. The van der Waals surface area contributed by atoms with Gasteiger partial charge >= 0.3 is 0 Å². The summed E-state index contributed by atoms with van der Waals surface area (Å²) in [6.45, 7) is 19.4. The number of hydrogen-bond acceptors (Lipinski definition) is 3. The quantitative estimate of drug-likeness (QED) is 0.0621. The van der Waals surface area contributed by atoms with Crippen LogP contribution >= 0.6 is 0 Å². The highest BCUT2D eigenvalue weighted by Gasteiger charge is 2.08. The van der Waals surface area contributed by atoms with E-state index in [1.54, 1.807) is 0 Å². The van der Waals surface area contributed by atoms with Gasteiger partial charge in [0.15, 0.2) is 0 Å². The van der Waals surface area contributed by atoms with E-state index < -0.39 is 0 Å². The Kier molecular flexibility index (Phi) is 49.9. The van der Waals surface area contributed by atoms with Gasteiger partial charge in [0.2, 0.25) is 0 Å². The molecule has 0 aromatic carbocycles. The molecule has 0 unspecified atom stereocenters. The van der Waals surface area contributed by atoms with Gasteiger partial charge in [0.05, 0.1) is 0 Å². The average Bonchev–Trinajstić information content (AvgIpc) is 3.19. The van der Waals surface area contributed by atoms with Crippen LogP contribution in [0.25, 0.3) is 0 Å². The molecule has 0 aliphatic heterocycles. The highest BCUT2D eigenvalue weighted by atomic mass is 15.2. The van der Waals surface area contributed by atoms with Crippen molar-refractivity contribution in [3.8, 4) is 0 Å². The van der Waals surface area contributed by atoms with Crippen LogP contribution < -0.4 is 5.32 Å². The first-order valence-corrected chi connectivity index (χ1v) is 26.4. The number of nitrogens with one attached hydrogen (secondary N) is 1. The van der Waals surface area contributed by atoms with E-state index in [2.05, 4.69) is 42.8 Å². The van der Waals surface area contributed by atoms with Crippen LogP contribution in [0.1, 0.15) is 285 Å². The molecule has 0 fully saturated rings. The van der Waals surface area contributed by atoms with Crippen LogP contribution in [0.2, 0.25) is 0 Å². The monoisotopic (exact) mass is 776 g/mol. The van der Waals surface area contributed by atoms with Gasteiger partial charge in [-0.05, 0) is 51.9 Å². The summed E-state index contributed by atoms with van der Waals surface area (Å²) in [4.78, 5) is 5.65. The van der Waals surface area contributed by atoms with Crippen molar-refractivity contribution in [1.29, 1.82) is 0 Å². The lowest BCUT2D eigenvalue weighted by Crippen LogP contribution is -2.38. The third-order valence-corrected chi connectivity index (χ3v) is 12.5. The molecule has 3 nitrogen and oxygen atoms in total. The van der Waals surface area contributed by atoms with Crippen LogP contribution in [0.3, 0.4) is 0 Å². The molecule has 0 heterocycles. The molecule has 0 atom stereocenters. The van der Waals surface area contributed by atoms with Crippen LogP contribution in [0, 0.1) is 0 Å². The second-order valence-electron chi connectivity index (χ2n) is 18.2. The molecule has 332 valence electrons. The molecule has 0 rings (SSSR count). The van der Waals surface area contributed by atoms with Gasteiger partial charge in [0, 0.05) is 26.2 Å². The first kappa shape index (κ1) is 54.9. The summed E-state index contributed by atoms with van der Waals surface area (Å²) in [5.74, 6) is 0. The van der Waals surface area contributed by atoms with Gasteiger partial charge in [-0.15, -0.1) is 0 Å². The first-order chi connectivity index (χ1) is 27.3. The third-order valence-electron chi connectivity index (χ3n) is 12.5. The molecule has 0 radical (unpaired) electrons. The summed E-state index contributed by atoms with van der Waals surface area (Å²) in [7, 11) is 0. The Balaban J connectivity index is 4.53. The smallest absolute Gasteiger partial charge is 0.0107 e. The topological polar surface area (TPSA) is 18.5 Å². The molecular formula is C52H109N3. The summed E-state index contributed by atoms with van der Waals surface area (Å²) < 4.78 is 0. The minimum atomic E-state index is 1.17. The molecule has 0 aromatic heterocycles. The highest BCUT2D eigenvalue weighted by molar-refractivity contribution is 4.65. The standard InChI is InChI=1S/C52H109N3/c1-5-9-13-17-21-25-29-33-37-41-47-54(48-42-38-34-30-26-22-18-14-10-6-2)51-45-53-46-52-55(49-43-39-35-31-27-23-19-15-11-7-3)50-44-40-36-32-28-24-20-16-12-8-4/h53H,5-52H2,1-4H3. The molecular weight excluding hydrogens is 667 g/mol. The molecule has 3 heteroatoms. The van der Waals surface area contributed by atoms with Gasteiger partial charge in [0.25, 0.3) is 0 Å². The summed E-state index contributed by atoms with van der Waals surface area (Å²) in [5.41, 5.74) is 0. The fourth-order valence-electron chi connectivity index (χ4n) is 8.56. The zero-order valence-electron chi connectivity index (χ0n) is 39.3. The van der Waals surface area contributed by atoms with E-state index >= 15 is 0 Å². The minimum Gasteiger partial charge on any atom is -0.314 e. The van der Waals surface area contributed by atoms with E-state index in [0.717, 1.165) is 0 Å². The normalized spacial score (nSPS) is 11.9. The average molecular weight is 776 g/mol. The van der Waals surface area contributed by atoms with Crippen molar-refractivity contribution in [2.75, 3.05) is 52.4 Å². The Labute approximate surface area is 350 Å². The Morgan fingerprint density at radius 3 is 0.545 bits per heavy atom. The Hall–Kier alpha value is -0.120. The van der Waals surface area contributed by atoms with E-state index in [0.29, 0.717) is 0 Å². The largest absolute Gasteiger partial charge is 0.314 e. The van der Waals surface area contributed by atoms with Crippen molar-refractivity contribution in [2.45, 2.75) is 285 Å². The maximum absolute atomic E-state index is 3.92. The second-order valence-corrected chi connectivity index (χ2v) is 18.2. The minimum absolute atomic E-state index is 1.17. The van der Waals surface area contributed by atoms with E-state index in [-0.39, 0.29) is 0 Å². The van der Waals surface area contributed by atoms with E-state index in [9.17, 15) is 0 Å². The predicted molar refractivity (Wildman–Crippen MR) is 253 cm³/mol. The fraction of sp³-hybridized carbons (Fsp3) is 1.00. The third kappa shape index (κ3) is 46.4. The fourth-order valence-corrected chi connectivity index (χ4v) is 8.56. The lowest BCUT2D eigenvalue weighted by molar-refractivity contribution is 0.244. The maximum atomic E-state index is 3.92. The van der Waals surface area contributed by atoms with Gasteiger partial charge in [-0.2, -0.15) is 0 Å². The molecule has 0 aromatic rings. The van der Waals surface area contributed by atoms with E-state index in [1.807, 2.05) is 0 Å². The zero-order valence-corrected chi connectivity index (χ0v) is 39.3.